The molecule has 0 fully saturated rings. The Bertz CT molecular complexity index is 100. The van der Waals surface area contributed by atoms with Crippen LogP contribution in [0.25, 0.3) is 0 Å². The Morgan fingerprint density at radius 2 is 2.11 bits per heavy atom. The maximum atomic E-state index is 9.89. The average molecular weight is 135 g/mol. The summed E-state index contributed by atoms with van der Waals surface area (Å²) >= 11 is 0. The fraction of sp³-hybridized carbons (Fsp3) is 0.800. The molecule has 0 aromatic heterocycles. The highest BCUT2D eigenvalue weighted by Crippen LogP contribution is 2.04. The number of carbonyl (C=O) groups excluding carboxylic acids is 1. The van der Waals surface area contributed by atoms with Crippen molar-refractivity contribution >= 4 is 5.97 Å². The van der Waals surface area contributed by atoms with Crippen LogP contribution in [0.1, 0.15) is 20.3 Å². The van der Waals surface area contributed by atoms with Crippen molar-refractivity contribution in [3.63, 3.8) is 0 Å². The predicted molar refractivity (Wildman–Crippen MR) is 31.9 cm³/mol. The van der Waals surface area contributed by atoms with Crippen LogP contribution in [-0.4, -0.2) is 16.7 Å². The van der Waals surface area contributed by atoms with E-state index >= 15 is 0 Å². The lowest BCUT2D eigenvalue weighted by Gasteiger charge is -2.21. The summed E-state index contributed by atoms with van der Waals surface area (Å²) in [4.78, 5) is 9.89. The minimum absolute atomic E-state index is 0. The van der Waals surface area contributed by atoms with Gasteiger partial charge in [-0.3, -0.25) is 0 Å². The molecule has 0 saturated heterocycles. The standard InChI is InChI=1S/C5H10O3.H3N/c1-3-5(2,8)4(6)7;/h8H,3H2,1-2H3,(H,6,7);1H3. The van der Waals surface area contributed by atoms with Gasteiger partial charge in [-0.15, -0.1) is 0 Å². The van der Waals surface area contributed by atoms with Gasteiger partial charge in [0.05, 0.1) is 5.97 Å². The molecule has 0 aliphatic rings. The van der Waals surface area contributed by atoms with Crippen LogP contribution in [0.15, 0.2) is 0 Å². The van der Waals surface area contributed by atoms with Crippen molar-refractivity contribution < 1.29 is 15.0 Å². The molecule has 56 valence electrons. The summed E-state index contributed by atoms with van der Waals surface area (Å²) in [5.74, 6) is -1.42. The minimum atomic E-state index is -1.65. The molecule has 5 N–H and O–H groups in total. The molecule has 0 amide bonds. The van der Waals surface area contributed by atoms with Gasteiger partial charge in [-0.05, 0) is 13.3 Å². The van der Waals surface area contributed by atoms with Crippen molar-refractivity contribution in [3.05, 3.63) is 0 Å². The summed E-state index contributed by atoms with van der Waals surface area (Å²) in [6.45, 7) is 2.79. The molecule has 0 aliphatic heterocycles. The fourth-order valence-corrected chi connectivity index (χ4v) is 0.144. The van der Waals surface area contributed by atoms with E-state index in [4.69, 9.17) is 5.11 Å². The van der Waals surface area contributed by atoms with Gasteiger partial charge in [-0.25, -0.2) is 0 Å². The molecule has 0 saturated carbocycles. The Labute approximate surface area is 54.1 Å². The first kappa shape index (κ1) is 11.2. The predicted octanol–water partition coefficient (Wildman–Crippen LogP) is -0.726. The van der Waals surface area contributed by atoms with E-state index < -0.39 is 11.6 Å². The molecule has 0 radical (unpaired) electrons. The third-order valence-corrected chi connectivity index (χ3v) is 1.13. The van der Waals surface area contributed by atoms with Crippen LogP contribution < -0.4 is 11.3 Å². The number of carbonyl (C=O) groups is 1. The normalized spacial score (nSPS) is 15.4. The van der Waals surface area contributed by atoms with E-state index in [2.05, 4.69) is 0 Å². The first-order valence-corrected chi connectivity index (χ1v) is 2.44. The van der Waals surface area contributed by atoms with E-state index in [9.17, 15) is 9.90 Å². The molecular formula is C5H13NO3. The Kier molecular flexibility index (Phi) is 4.27. The highest BCUT2D eigenvalue weighted by molar-refractivity contribution is 5.74. The van der Waals surface area contributed by atoms with E-state index in [1.54, 1.807) is 6.92 Å². The van der Waals surface area contributed by atoms with E-state index in [0.717, 1.165) is 0 Å². The van der Waals surface area contributed by atoms with E-state index in [1.165, 1.54) is 6.92 Å². The summed E-state index contributed by atoms with van der Waals surface area (Å²) in [6, 6.07) is 0. The number of rotatable bonds is 2. The Balaban J connectivity index is 0. The van der Waals surface area contributed by atoms with Crippen molar-refractivity contribution in [3.8, 4) is 0 Å². The van der Waals surface area contributed by atoms with Gasteiger partial charge in [0.15, 0.2) is 0 Å². The highest BCUT2D eigenvalue weighted by atomic mass is 16.4. The quantitative estimate of drug-likeness (QED) is 0.522. The van der Waals surface area contributed by atoms with Crippen LogP contribution in [0.2, 0.25) is 0 Å². The maximum absolute atomic E-state index is 9.89. The Hall–Kier alpha value is -0.610. The number of hydrogen-bond donors (Lipinski definition) is 2. The first-order chi connectivity index (χ1) is 3.50. The molecule has 0 rings (SSSR count). The molecule has 0 spiro atoms. The van der Waals surface area contributed by atoms with Gasteiger partial charge in [0.2, 0.25) is 0 Å². The van der Waals surface area contributed by atoms with Crippen molar-refractivity contribution in [2.45, 2.75) is 25.9 Å². The van der Waals surface area contributed by atoms with E-state index in [1.807, 2.05) is 0 Å². The van der Waals surface area contributed by atoms with Crippen LogP contribution in [0.5, 0.6) is 0 Å². The van der Waals surface area contributed by atoms with Crippen molar-refractivity contribution in [2.75, 3.05) is 0 Å². The third-order valence-electron chi connectivity index (χ3n) is 1.13. The smallest absolute Gasteiger partial charge is 0.101 e. The van der Waals surface area contributed by atoms with Crippen LogP contribution in [-0.2, 0) is 4.79 Å². The topological polar surface area (TPSA) is 96.9 Å². The van der Waals surface area contributed by atoms with Gasteiger partial charge in [0, 0.05) is 0 Å². The number of quaternary nitrogens is 1. The molecule has 0 heterocycles. The number of carboxylic acids is 1. The molecule has 0 aromatic carbocycles. The molecule has 0 bridgehead atoms. The third kappa shape index (κ3) is 3.05. The van der Waals surface area contributed by atoms with Gasteiger partial charge < -0.3 is 21.2 Å². The number of aliphatic carboxylic acids is 1. The minimum Gasteiger partial charge on any atom is -0.547 e. The zero-order valence-corrected chi connectivity index (χ0v) is 5.97. The molecule has 4 heteroatoms. The van der Waals surface area contributed by atoms with Crippen molar-refractivity contribution in [1.29, 1.82) is 0 Å². The summed E-state index contributed by atoms with van der Waals surface area (Å²) in [5.41, 5.74) is -1.65. The molecule has 1 atom stereocenters. The van der Waals surface area contributed by atoms with Crippen molar-refractivity contribution in [1.82, 2.24) is 6.15 Å². The lowest BCUT2D eigenvalue weighted by Crippen LogP contribution is -2.45. The van der Waals surface area contributed by atoms with Crippen LogP contribution >= 0.6 is 0 Å². The Morgan fingerprint density at radius 1 is 1.78 bits per heavy atom. The SMILES string of the molecule is CCC(C)(O)C(=O)[O-].[NH4+]. The summed E-state index contributed by atoms with van der Waals surface area (Å²) in [5, 5.41) is 18.6. The maximum Gasteiger partial charge on any atom is 0.101 e. The molecule has 0 aromatic rings. The van der Waals surface area contributed by atoms with Crippen LogP contribution in [0, 0.1) is 0 Å². The fourth-order valence-electron chi connectivity index (χ4n) is 0.144. The van der Waals surface area contributed by atoms with Crippen LogP contribution in [0.3, 0.4) is 0 Å². The van der Waals surface area contributed by atoms with Crippen molar-refractivity contribution in [2.24, 2.45) is 0 Å². The monoisotopic (exact) mass is 135 g/mol. The second-order valence-electron chi connectivity index (χ2n) is 1.91. The van der Waals surface area contributed by atoms with Crippen LogP contribution in [0.4, 0.5) is 0 Å². The summed E-state index contributed by atoms with van der Waals surface area (Å²) in [7, 11) is 0. The van der Waals surface area contributed by atoms with E-state index in [-0.39, 0.29) is 12.6 Å². The Morgan fingerprint density at radius 3 is 2.11 bits per heavy atom. The largest absolute Gasteiger partial charge is 0.547 e. The number of aliphatic hydroxyl groups is 1. The molecule has 1 unspecified atom stereocenters. The first-order valence-electron chi connectivity index (χ1n) is 2.44. The number of hydrogen-bond acceptors (Lipinski definition) is 3. The molecular weight excluding hydrogens is 122 g/mol. The molecule has 9 heavy (non-hydrogen) atoms. The second-order valence-corrected chi connectivity index (χ2v) is 1.91. The summed E-state index contributed by atoms with van der Waals surface area (Å²) < 4.78 is 0. The second kappa shape index (κ2) is 3.42. The van der Waals surface area contributed by atoms with Gasteiger partial charge in [-0.2, -0.15) is 0 Å². The average Bonchev–Trinajstić information content (AvgIpc) is 1.67. The molecule has 0 aliphatic carbocycles. The molecule has 4 nitrogen and oxygen atoms in total. The van der Waals surface area contributed by atoms with Gasteiger partial charge in [0.25, 0.3) is 0 Å². The van der Waals surface area contributed by atoms with Gasteiger partial charge in [-0.1, -0.05) is 6.92 Å². The highest BCUT2D eigenvalue weighted by Gasteiger charge is 2.17. The van der Waals surface area contributed by atoms with E-state index in [0.29, 0.717) is 0 Å². The zero-order chi connectivity index (χ0) is 6.78. The lowest BCUT2D eigenvalue weighted by molar-refractivity contribution is -0.323. The lowest BCUT2D eigenvalue weighted by atomic mass is 10.1. The van der Waals surface area contributed by atoms with Gasteiger partial charge in [0.1, 0.15) is 5.60 Å². The summed E-state index contributed by atoms with van der Waals surface area (Å²) in [6.07, 6.45) is 0.176. The number of carboxylic acid groups (broad SMARTS) is 1. The van der Waals surface area contributed by atoms with Gasteiger partial charge >= 0.3 is 0 Å². The zero-order valence-electron chi connectivity index (χ0n) is 5.97.